The monoisotopic (exact) mass is 619 g/mol. The third-order valence-electron chi connectivity index (χ3n) is 8.40. The van der Waals surface area contributed by atoms with Crippen molar-refractivity contribution in [1.29, 1.82) is 5.41 Å². The van der Waals surface area contributed by atoms with E-state index in [2.05, 4.69) is 39.7 Å². The molecule has 0 saturated carbocycles. The number of rotatable bonds is 12. The summed E-state index contributed by atoms with van der Waals surface area (Å²) in [5.74, 6) is 0.106. The molecule has 44 heavy (non-hydrogen) atoms. The number of aromatic nitrogens is 3. The Bertz CT molecular complexity index is 1650. The maximum absolute atomic E-state index is 15.1. The first kappa shape index (κ1) is 31.9. The van der Waals surface area contributed by atoms with Crippen molar-refractivity contribution < 1.29 is 4.39 Å². The van der Waals surface area contributed by atoms with Crippen LogP contribution < -0.4 is 22.1 Å². The minimum absolute atomic E-state index is 0.0625. The Labute approximate surface area is 263 Å². The number of aromatic amines is 1. The van der Waals surface area contributed by atoms with Gasteiger partial charge in [-0.1, -0.05) is 37.1 Å². The normalized spacial score (nSPS) is 17.6. The van der Waals surface area contributed by atoms with Gasteiger partial charge in [-0.2, -0.15) is 4.98 Å². The topological polar surface area (TPSA) is 125 Å². The highest BCUT2D eigenvalue weighted by molar-refractivity contribution is 6.31. The van der Waals surface area contributed by atoms with Gasteiger partial charge < -0.3 is 21.4 Å². The summed E-state index contributed by atoms with van der Waals surface area (Å²) in [4.78, 5) is 20.4. The molecule has 0 aliphatic carbocycles. The van der Waals surface area contributed by atoms with Crippen LogP contribution in [0.15, 0.2) is 53.5 Å². The number of benzene rings is 2. The molecule has 4 aromatic rings. The number of fused-ring (bicyclic) bond motifs is 1. The van der Waals surface area contributed by atoms with Gasteiger partial charge in [-0.25, -0.2) is 9.18 Å². The Balaban J connectivity index is 1.31. The van der Waals surface area contributed by atoms with E-state index < -0.39 is 11.5 Å². The first-order chi connectivity index (χ1) is 21.2. The van der Waals surface area contributed by atoms with Crippen LogP contribution in [0, 0.1) is 11.2 Å². The lowest BCUT2D eigenvalue weighted by atomic mass is 9.92. The molecule has 2 aromatic carbocycles. The van der Waals surface area contributed by atoms with Crippen molar-refractivity contribution in [2.24, 2.45) is 5.73 Å². The average Bonchev–Trinajstić information content (AvgIpc) is 3.41. The fraction of sp³-hybridized carbons (Fsp3) is 0.441. The molecule has 6 N–H and O–H groups in total. The molecule has 8 nitrogen and oxygen atoms in total. The van der Waals surface area contributed by atoms with Crippen LogP contribution >= 0.6 is 11.6 Å². The van der Waals surface area contributed by atoms with Crippen LogP contribution in [0.1, 0.15) is 82.4 Å². The Kier molecular flexibility index (Phi) is 10.5. The van der Waals surface area contributed by atoms with Crippen molar-refractivity contribution in [3.05, 3.63) is 81.1 Å². The molecule has 0 spiro atoms. The van der Waals surface area contributed by atoms with Gasteiger partial charge in [0.1, 0.15) is 5.65 Å². The number of hydrogen-bond acceptors (Lipinski definition) is 5. The Morgan fingerprint density at radius 3 is 2.80 bits per heavy atom. The summed E-state index contributed by atoms with van der Waals surface area (Å²) in [6.45, 7) is 4.86. The van der Waals surface area contributed by atoms with Crippen molar-refractivity contribution in [2.45, 2.75) is 89.8 Å². The van der Waals surface area contributed by atoms with E-state index in [-0.39, 0.29) is 17.1 Å². The van der Waals surface area contributed by atoms with Gasteiger partial charge in [0.2, 0.25) is 0 Å². The molecule has 1 fully saturated rings. The summed E-state index contributed by atoms with van der Waals surface area (Å²) in [5, 5.41) is 15.7. The second-order valence-corrected chi connectivity index (χ2v) is 12.5. The van der Waals surface area contributed by atoms with Crippen LogP contribution in [0.25, 0.3) is 28.0 Å². The molecule has 5 rings (SSSR count). The lowest BCUT2D eigenvalue weighted by molar-refractivity contribution is 0.312. The van der Waals surface area contributed by atoms with Crippen LogP contribution in [-0.2, 0) is 6.42 Å². The lowest BCUT2D eigenvalue weighted by Crippen LogP contribution is -2.39. The molecule has 2 aromatic heterocycles. The molecule has 0 bridgehead atoms. The Hall–Kier alpha value is -3.53. The van der Waals surface area contributed by atoms with Gasteiger partial charge >= 0.3 is 5.69 Å². The highest BCUT2D eigenvalue weighted by atomic mass is 35.5. The van der Waals surface area contributed by atoms with Gasteiger partial charge in [-0.3, -0.25) is 9.98 Å². The number of amidine groups is 1. The minimum Gasteiger partial charge on any atom is -0.374 e. The molecule has 3 heterocycles. The number of H-pyrrole nitrogens is 1. The van der Waals surface area contributed by atoms with E-state index in [1.165, 1.54) is 10.1 Å². The van der Waals surface area contributed by atoms with Crippen molar-refractivity contribution in [3.63, 3.8) is 0 Å². The van der Waals surface area contributed by atoms with Crippen molar-refractivity contribution in [3.8, 4) is 16.9 Å². The zero-order chi connectivity index (χ0) is 31.2. The predicted molar refractivity (Wildman–Crippen MR) is 177 cm³/mol. The number of nitrogens with one attached hydrogen (secondary N) is 4. The summed E-state index contributed by atoms with van der Waals surface area (Å²) < 4.78 is 16.6. The number of piperidine rings is 1. The van der Waals surface area contributed by atoms with Crippen molar-refractivity contribution in [1.82, 2.24) is 25.2 Å². The third-order valence-corrected chi connectivity index (χ3v) is 8.67. The molecule has 1 saturated heterocycles. The zero-order valence-corrected chi connectivity index (χ0v) is 26.3. The summed E-state index contributed by atoms with van der Waals surface area (Å²) in [6, 6.07) is 14.1. The quantitative estimate of drug-likeness (QED) is 0.0883. The Morgan fingerprint density at radius 1 is 1.25 bits per heavy atom. The largest absolute Gasteiger partial charge is 0.374 e. The first-order valence-electron chi connectivity index (χ1n) is 15.8. The maximum atomic E-state index is 15.1. The number of nitrogens with zero attached hydrogens (tertiary/aromatic N) is 2. The van der Waals surface area contributed by atoms with Gasteiger partial charge in [-0.05, 0) is 93.3 Å². The molecule has 3 atom stereocenters. The summed E-state index contributed by atoms with van der Waals surface area (Å²) in [6.07, 6.45) is 10.3. The number of nitrogens with two attached hydrogens (primary N) is 1. The third kappa shape index (κ3) is 7.75. The standard InChI is InChI=1S/C34H43ClFN7O/c1-3-6-31(38)39-16-15-25-9-5-10-29(40-25)23-11-13-26(14-12-23)43-20-24-19-30(41-33(24)42-34(43)44)27-17-22(8-4-7-21(2)37)18-28(35)32(27)36/h11-14,17-21,25,29,40H,3-10,15-16,37H2,1-2H3,(H2,38,39)(H,41,42,44)/t21-,25-,29-/m0/s1. The predicted octanol–water partition coefficient (Wildman–Crippen LogP) is 6.78. The van der Waals surface area contributed by atoms with E-state index in [1.807, 2.05) is 19.1 Å². The second-order valence-electron chi connectivity index (χ2n) is 12.1. The fourth-order valence-electron chi connectivity index (χ4n) is 6.05. The van der Waals surface area contributed by atoms with Crippen LogP contribution in [0.4, 0.5) is 4.39 Å². The lowest BCUT2D eigenvalue weighted by Gasteiger charge is -2.31. The molecule has 1 aliphatic rings. The molecular weight excluding hydrogens is 577 g/mol. The Morgan fingerprint density at radius 2 is 2.05 bits per heavy atom. The van der Waals surface area contributed by atoms with E-state index in [0.29, 0.717) is 39.9 Å². The van der Waals surface area contributed by atoms with Crippen LogP contribution in [0.3, 0.4) is 0 Å². The van der Waals surface area contributed by atoms with Crippen LogP contribution in [0.2, 0.25) is 5.02 Å². The van der Waals surface area contributed by atoms with Crippen molar-refractivity contribution in [2.75, 3.05) is 6.54 Å². The van der Waals surface area contributed by atoms with Gasteiger partial charge in [0, 0.05) is 48.2 Å². The average molecular weight is 620 g/mol. The van der Waals surface area contributed by atoms with Gasteiger partial charge in [-0.15, -0.1) is 0 Å². The maximum Gasteiger partial charge on any atom is 0.354 e. The van der Waals surface area contributed by atoms with E-state index in [4.69, 9.17) is 22.7 Å². The molecular formula is C34H43ClFN7O. The van der Waals surface area contributed by atoms with Gasteiger partial charge in [0.05, 0.1) is 22.2 Å². The minimum atomic E-state index is -0.509. The number of aryl methyl sites for hydroxylation is 1. The van der Waals surface area contributed by atoms with Crippen LogP contribution in [-0.4, -0.2) is 39.0 Å². The molecule has 234 valence electrons. The molecule has 0 amide bonds. The van der Waals surface area contributed by atoms with E-state index in [0.717, 1.165) is 69.9 Å². The molecule has 0 radical (unpaired) electrons. The first-order valence-corrected chi connectivity index (χ1v) is 16.1. The summed E-state index contributed by atoms with van der Waals surface area (Å²) in [5.41, 5.74) is 9.56. The van der Waals surface area contributed by atoms with E-state index >= 15 is 4.39 Å². The number of halogens is 2. The van der Waals surface area contributed by atoms with Crippen LogP contribution in [0.5, 0.6) is 0 Å². The molecule has 1 aliphatic heterocycles. The summed E-state index contributed by atoms with van der Waals surface area (Å²) >= 11 is 6.26. The van der Waals surface area contributed by atoms with Crippen molar-refractivity contribution >= 4 is 28.5 Å². The SMILES string of the molecule is CCCC(=N)NCC[C@@H]1CCC[C@@H](c2ccc(-n3cc4cc(-c5cc(CCC[C@H](C)N)cc(Cl)c5F)[nH]c4nc3=O)cc2)N1. The smallest absolute Gasteiger partial charge is 0.354 e. The number of hydrogen-bond donors (Lipinski definition) is 5. The second kappa shape index (κ2) is 14.5. The molecule has 0 unspecified atom stereocenters. The highest BCUT2D eigenvalue weighted by Crippen LogP contribution is 2.32. The molecule has 10 heteroatoms. The summed E-state index contributed by atoms with van der Waals surface area (Å²) in [7, 11) is 0. The van der Waals surface area contributed by atoms with Gasteiger partial charge in [0.15, 0.2) is 5.82 Å². The fourth-order valence-corrected chi connectivity index (χ4v) is 6.29. The van der Waals surface area contributed by atoms with E-state index in [1.54, 1.807) is 24.4 Å². The zero-order valence-electron chi connectivity index (χ0n) is 25.6. The van der Waals surface area contributed by atoms with Gasteiger partial charge in [0.25, 0.3) is 0 Å². The highest BCUT2D eigenvalue weighted by Gasteiger charge is 2.22. The van der Waals surface area contributed by atoms with E-state index in [9.17, 15) is 4.79 Å².